The highest BCUT2D eigenvalue weighted by Crippen LogP contribution is 2.34. The summed E-state index contributed by atoms with van der Waals surface area (Å²) >= 11 is 1.52. The molecule has 0 radical (unpaired) electrons. The molecule has 1 saturated heterocycles. The quantitative estimate of drug-likeness (QED) is 0.416. The molecule has 160 valence electrons. The lowest BCUT2D eigenvalue weighted by Crippen LogP contribution is -2.61. The highest BCUT2D eigenvalue weighted by molar-refractivity contribution is 7.13. The number of carbonyl (C=O) groups excluding carboxylic acids is 2. The van der Waals surface area contributed by atoms with Crippen molar-refractivity contribution in [3.63, 3.8) is 0 Å². The first kappa shape index (κ1) is 22.0. The van der Waals surface area contributed by atoms with Crippen LogP contribution in [0.2, 0.25) is 0 Å². The predicted octanol–water partition coefficient (Wildman–Crippen LogP) is 0.858. The van der Waals surface area contributed by atoms with Crippen LogP contribution in [0, 0.1) is 18.8 Å². The molecule has 0 spiro atoms. The summed E-state index contributed by atoms with van der Waals surface area (Å²) in [6.45, 7) is 6.61. The Balaban J connectivity index is 1.62. The number of hydrogen-bond donors (Lipinski definition) is 4. The number of carbonyl (C=O) groups is 2. The topological polar surface area (TPSA) is 115 Å². The van der Waals surface area contributed by atoms with Crippen LogP contribution in [-0.4, -0.2) is 58.5 Å². The smallest absolute Gasteiger partial charge is 0.426 e. The van der Waals surface area contributed by atoms with E-state index in [0.29, 0.717) is 18.8 Å². The lowest BCUT2D eigenvalue weighted by atomic mass is 9.75. The van der Waals surface area contributed by atoms with Crippen LogP contribution in [-0.2, 0) is 9.59 Å². The third-order valence-corrected chi connectivity index (χ3v) is 6.48. The zero-order valence-electron chi connectivity index (χ0n) is 17.3. The van der Waals surface area contributed by atoms with Crippen LogP contribution in [0.1, 0.15) is 51.6 Å². The van der Waals surface area contributed by atoms with Crippen LogP contribution in [0.3, 0.4) is 0 Å². The van der Waals surface area contributed by atoms with Crippen molar-refractivity contribution in [2.75, 3.05) is 11.4 Å². The van der Waals surface area contributed by atoms with Crippen molar-refractivity contribution >= 4 is 35.4 Å². The maximum atomic E-state index is 12.9. The van der Waals surface area contributed by atoms with Crippen molar-refractivity contribution < 1.29 is 19.6 Å². The van der Waals surface area contributed by atoms with Crippen LogP contribution in [0.4, 0.5) is 5.13 Å². The van der Waals surface area contributed by atoms with E-state index in [1.807, 2.05) is 31.1 Å². The average molecular weight is 422 g/mol. The van der Waals surface area contributed by atoms with Crippen LogP contribution in [0.15, 0.2) is 5.38 Å². The molecule has 10 heteroatoms. The highest BCUT2D eigenvalue weighted by atomic mass is 32.1. The molecule has 0 aromatic carbocycles. The minimum Gasteiger partial charge on any atom is -0.426 e. The van der Waals surface area contributed by atoms with Crippen LogP contribution >= 0.6 is 11.3 Å². The molecule has 2 aliphatic rings. The predicted molar refractivity (Wildman–Crippen MR) is 113 cm³/mol. The largest absolute Gasteiger partial charge is 0.475 e. The zero-order valence-corrected chi connectivity index (χ0v) is 18.1. The number of aryl methyl sites for hydroxylation is 1. The van der Waals surface area contributed by atoms with Crippen molar-refractivity contribution in [1.29, 1.82) is 0 Å². The van der Waals surface area contributed by atoms with Crippen LogP contribution in [0.5, 0.6) is 0 Å². The van der Waals surface area contributed by atoms with Gasteiger partial charge in [-0.15, -0.1) is 11.3 Å². The molecule has 1 aliphatic carbocycles. The number of amides is 2. The second-order valence-electron chi connectivity index (χ2n) is 8.67. The third kappa shape index (κ3) is 5.93. The minimum atomic E-state index is -1.63. The molecule has 0 bridgehead atoms. The van der Waals surface area contributed by atoms with Crippen LogP contribution < -0.4 is 15.5 Å². The lowest BCUT2D eigenvalue weighted by Gasteiger charge is -2.40. The van der Waals surface area contributed by atoms with E-state index in [2.05, 4.69) is 15.6 Å². The monoisotopic (exact) mass is 422 g/mol. The molecule has 8 nitrogen and oxygen atoms in total. The molecule has 4 N–H and O–H groups in total. The van der Waals surface area contributed by atoms with E-state index in [-0.39, 0.29) is 23.8 Å². The van der Waals surface area contributed by atoms with Gasteiger partial charge in [0.05, 0.1) is 11.6 Å². The van der Waals surface area contributed by atoms with E-state index in [4.69, 9.17) is 0 Å². The normalized spacial score (nSPS) is 20.8. The molecule has 29 heavy (non-hydrogen) atoms. The SMILES string of the molecule is Cc1csc(N2CCC2C(=O)NC(CC2CC2)C(=O)NC(CC(C)C)B(O)O)n1. The number of rotatable bonds is 10. The number of nitrogens with one attached hydrogen (secondary N) is 2. The van der Waals surface area contributed by atoms with Gasteiger partial charge in [-0.2, -0.15) is 0 Å². The molecule has 1 aliphatic heterocycles. The van der Waals surface area contributed by atoms with Crippen LogP contribution in [0.25, 0.3) is 0 Å². The molecule has 2 heterocycles. The Bertz CT molecular complexity index is 725. The van der Waals surface area contributed by atoms with Gasteiger partial charge in [-0.25, -0.2) is 4.98 Å². The Morgan fingerprint density at radius 1 is 1.31 bits per heavy atom. The molecular weight excluding hydrogens is 391 g/mol. The van der Waals surface area contributed by atoms with Gasteiger partial charge in [-0.3, -0.25) is 9.59 Å². The van der Waals surface area contributed by atoms with Gasteiger partial charge in [-0.05, 0) is 38.0 Å². The molecule has 3 unspecified atom stereocenters. The van der Waals surface area contributed by atoms with Crippen molar-refractivity contribution in [2.24, 2.45) is 11.8 Å². The van der Waals surface area contributed by atoms with Crippen molar-refractivity contribution in [1.82, 2.24) is 15.6 Å². The fourth-order valence-corrected chi connectivity index (χ4v) is 4.47. The minimum absolute atomic E-state index is 0.171. The molecule has 1 aromatic rings. The summed E-state index contributed by atoms with van der Waals surface area (Å²) in [7, 11) is -1.63. The number of hydrogen-bond acceptors (Lipinski definition) is 7. The van der Waals surface area contributed by atoms with Crippen molar-refractivity contribution in [2.45, 2.75) is 70.9 Å². The standard InChI is InChI=1S/C19H31BN4O4S/c1-11(2)8-16(20(27)28)23-17(25)14(9-13-4-5-13)22-18(26)15-6-7-24(15)19-21-12(3)10-29-19/h10-11,13-16,27-28H,4-9H2,1-3H3,(H,22,26)(H,23,25). The average Bonchev–Trinajstić information content (AvgIpc) is 3.32. The second-order valence-corrected chi connectivity index (χ2v) is 9.50. The van der Waals surface area contributed by atoms with E-state index < -0.39 is 19.1 Å². The number of aromatic nitrogens is 1. The first-order valence-corrected chi connectivity index (χ1v) is 11.3. The Morgan fingerprint density at radius 3 is 2.52 bits per heavy atom. The van der Waals surface area contributed by atoms with Gasteiger partial charge < -0.3 is 25.6 Å². The van der Waals surface area contributed by atoms with E-state index in [0.717, 1.165) is 36.6 Å². The summed E-state index contributed by atoms with van der Waals surface area (Å²) in [5.74, 6) is -0.633. The van der Waals surface area contributed by atoms with Crippen molar-refractivity contribution in [3.8, 4) is 0 Å². The first-order chi connectivity index (χ1) is 13.7. The number of thiazole rings is 1. The Morgan fingerprint density at radius 2 is 2.03 bits per heavy atom. The highest BCUT2D eigenvalue weighted by Gasteiger charge is 2.39. The molecule has 1 aromatic heterocycles. The molecule has 3 atom stereocenters. The lowest BCUT2D eigenvalue weighted by molar-refractivity contribution is -0.130. The first-order valence-electron chi connectivity index (χ1n) is 10.4. The van der Waals surface area contributed by atoms with Gasteiger partial charge in [0.2, 0.25) is 11.8 Å². The van der Waals surface area contributed by atoms with Gasteiger partial charge in [-0.1, -0.05) is 26.7 Å². The molecular formula is C19H31BN4O4S. The number of nitrogens with zero attached hydrogens (tertiary/aromatic N) is 2. The zero-order chi connectivity index (χ0) is 21.1. The summed E-state index contributed by atoms with van der Waals surface area (Å²) in [5.41, 5.74) is 0.931. The molecule has 2 amide bonds. The Hall–Kier alpha value is -1.65. The van der Waals surface area contributed by atoms with Gasteiger partial charge >= 0.3 is 7.12 Å². The van der Waals surface area contributed by atoms with Gasteiger partial charge in [0, 0.05) is 11.9 Å². The van der Waals surface area contributed by atoms with E-state index in [1.165, 1.54) is 11.3 Å². The summed E-state index contributed by atoms with van der Waals surface area (Å²) in [4.78, 5) is 32.1. The van der Waals surface area contributed by atoms with E-state index in [1.54, 1.807) is 0 Å². The Labute approximate surface area is 176 Å². The summed E-state index contributed by atoms with van der Waals surface area (Å²) in [6.07, 6.45) is 3.88. The van der Waals surface area contributed by atoms with Gasteiger partial charge in [0.1, 0.15) is 12.1 Å². The fourth-order valence-electron chi connectivity index (χ4n) is 3.60. The summed E-state index contributed by atoms with van der Waals surface area (Å²) in [6, 6.07) is -0.978. The summed E-state index contributed by atoms with van der Waals surface area (Å²) in [5, 5.41) is 27.6. The summed E-state index contributed by atoms with van der Waals surface area (Å²) < 4.78 is 0. The molecule has 3 rings (SSSR count). The van der Waals surface area contributed by atoms with Crippen molar-refractivity contribution in [3.05, 3.63) is 11.1 Å². The van der Waals surface area contributed by atoms with E-state index >= 15 is 0 Å². The fraction of sp³-hybridized carbons (Fsp3) is 0.737. The Kier molecular flexibility index (Phi) is 7.18. The maximum Gasteiger partial charge on any atom is 0.475 e. The molecule has 1 saturated carbocycles. The maximum absolute atomic E-state index is 12.9. The second kappa shape index (κ2) is 9.44. The van der Waals surface area contributed by atoms with Gasteiger partial charge in [0.15, 0.2) is 5.13 Å². The van der Waals surface area contributed by atoms with Gasteiger partial charge in [0.25, 0.3) is 0 Å². The number of anilines is 1. The third-order valence-electron chi connectivity index (χ3n) is 5.49. The van der Waals surface area contributed by atoms with E-state index in [9.17, 15) is 19.6 Å². The molecule has 2 fully saturated rings.